The third-order valence-corrected chi connectivity index (χ3v) is 6.02. The molecule has 1 aliphatic heterocycles. The van der Waals surface area contributed by atoms with Crippen molar-refractivity contribution < 1.29 is 4.79 Å². The Balaban J connectivity index is 1.20. The lowest BCUT2D eigenvalue weighted by molar-refractivity contribution is -0.132. The van der Waals surface area contributed by atoms with Crippen molar-refractivity contribution in [2.75, 3.05) is 32.7 Å². The topological polar surface area (TPSA) is 41.4 Å². The maximum absolute atomic E-state index is 12.7. The van der Waals surface area contributed by atoms with Crippen LogP contribution in [-0.2, 0) is 11.2 Å². The van der Waals surface area contributed by atoms with Crippen molar-refractivity contribution in [1.29, 1.82) is 0 Å². The molecule has 1 aromatic heterocycles. The SMILES string of the molecule is Cc1cc(C)n(-c2ccc(CCC(=O)N3CCN(C/C=C/c4ccccc4)CC3)cc2)n1. The summed E-state index contributed by atoms with van der Waals surface area (Å²) in [5, 5.41) is 4.53. The third kappa shape index (κ3) is 5.74. The second-order valence-electron chi connectivity index (χ2n) is 8.50. The van der Waals surface area contributed by atoms with Gasteiger partial charge >= 0.3 is 0 Å². The second kappa shape index (κ2) is 10.4. The van der Waals surface area contributed by atoms with Gasteiger partial charge in [0.15, 0.2) is 0 Å². The zero-order chi connectivity index (χ0) is 22.3. The number of hydrogen-bond donors (Lipinski definition) is 0. The fraction of sp³-hybridized carbons (Fsp3) is 0.333. The number of benzene rings is 2. The monoisotopic (exact) mass is 428 g/mol. The van der Waals surface area contributed by atoms with Crippen molar-refractivity contribution in [1.82, 2.24) is 19.6 Å². The minimum atomic E-state index is 0.257. The number of hydrogen-bond acceptors (Lipinski definition) is 3. The van der Waals surface area contributed by atoms with Crippen LogP contribution in [0, 0.1) is 13.8 Å². The van der Waals surface area contributed by atoms with E-state index in [1.807, 2.05) is 22.6 Å². The largest absolute Gasteiger partial charge is 0.340 e. The zero-order valence-electron chi connectivity index (χ0n) is 19.1. The van der Waals surface area contributed by atoms with E-state index in [1.165, 1.54) is 11.1 Å². The number of carbonyl (C=O) groups is 1. The molecule has 166 valence electrons. The molecule has 5 heteroatoms. The van der Waals surface area contributed by atoms with Gasteiger partial charge in [-0.15, -0.1) is 0 Å². The Kier molecular flexibility index (Phi) is 7.17. The van der Waals surface area contributed by atoms with E-state index in [-0.39, 0.29) is 5.91 Å². The highest BCUT2D eigenvalue weighted by Crippen LogP contribution is 2.15. The van der Waals surface area contributed by atoms with Crippen LogP contribution in [0.5, 0.6) is 0 Å². The predicted octanol–water partition coefficient (Wildman–Crippen LogP) is 4.28. The fourth-order valence-corrected chi connectivity index (χ4v) is 4.19. The van der Waals surface area contributed by atoms with Gasteiger partial charge in [0.1, 0.15) is 0 Å². The maximum Gasteiger partial charge on any atom is 0.222 e. The lowest BCUT2D eigenvalue weighted by atomic mass is 10.1. The van der Waals surface area contributed by atoms with Crippen LogP contribution in [0.2, 0.25) is 0 Å². The van der Waals surface area contributed by atoms with Gasteiger partial charge in [-0.3, -0.25) is 9.69 Å². The summed E-state index contributed by atoms with van der Waals surface area (Å²) in [6, 6.07) is 20.8. The first-order valence-corrected chi connectivity index (χ1v) is 11.4. The van der Waals surface area contributed by atoms with Gasteiger partial charge in [0, 0.05) is 44.8 Å². The molecular weight excluding hydrogens is 396 g/mol. The van der Waals surface area contributed by atoms with E-state index < -0.39 is 0 Å². The van der Waals surface area contributed by atoms with E-state index in [4.69, 9.17) is 0 Å². The van der Waals surface area contributed by atoms with Gasteiger partial charge in [-0.2, -0.15) is 5.10 Å². The van der Waals surface area contributed by atoms with Gasteiger partial charge in [0.2, 0.25) is 5.91 Å². The number of carbonyl (C=O) groups excluding carboxylic acids is 1. The first-order valence-electron chi connectivity index (χ1n) is 11.4. The number of aromatic nitrogens is 2. The van der Waals surface area contributed by atoms with Crippen LogP contribution >= 0.6 is 0 Å². The van der Waals surface area contributed by atoms with Crippen molar-refractivity contribution in [2.24, 2.45) is 0 Å². The molecule has 0 aliphatic carbocycles. The normalized spacial score (nSPS) is 14.9. The lowest BCUT2D eigenvalue weighted by Gasteiger charge is -2.34. The van der Waals surface area contributed by atoms with Crippen molar-refractivity contribution in [3.8, 4) is 5.69 Å². The predicted molar refractivity (Wildman–Crippen MR) is 130 cm³/mol. The molecule has 2 aromatic carbocycles. The van der Waals surface area contributed by atoms with Gasteiger partial charge in [-0.05, 0) is 49.6 Å². The van der Waals surface area contributed by atoms with Gasteiger partial charge in [0.05, 0.1) is 11.4 Å². The summed E-state index contributed by atoms with van der Waals surface area (Å²) in [4.78, 5) is 17.1. The van der Waals surface area contributed by atoms with Crippen LogP contribution in [0.4, 0.5) is 0 Å². The van der Waals surface area contributed by atoms with Gasteiger partial charge in [-0.25, -0.2) is 4.68 Å². The fourth-order valence-electron chi connectivity index (χ4n) is 4.19. The van der Waals surface area contributed by atoms with Crippen molar-refractivity contribution >= 4 is 12.0 Å². The Morgan fingerprint density at radius 3 is 2.34 bits per heavy atom. The number of aryl methyl sites for hydroxylation is 3. The van der Waals surface area contributed by atoms with E-state index in [0.717, 1.165) is 56.2 Å². The Morgan fingerprint density at radius 1 is 0.969 bits per heavy atom. The molecule has 2 heterocycles. The highest BCUT2D eigenvalue weighted by Gasteiger charge is 2.20. The Hall–Kier alpha value is -3.18. The molecule has 5 nitrogen and oxygen atoms in total. The molecule has 1 aliphatic rings. The van der Waals surface area contributed by atoms with E-state index in [2.05, 4.69) is 83.7 Å². The Bertz CT molecular complexity index is 1050. The first kappa shape index (κ1) is 22.0. The number of nitrogens with zero attached hydrogens (tertiary/aromatic N) is 4. The highest BCUT2D eigenvalue weighted by atomic mass is 16.2. The zero-order valence-corrected chi connectivity index (χ0v) is 19.1. The Labute approximate surface area is 191 Å². The summed E-state index contributed by atoms with van der Waals surface area (Å²) < 4.78 is 1.96. The van der Waals surface area contributed by atoms with Crippen LogP contribution in [0.15, 0.2) is 66.7 Å². The van der Waals surface area contributed by atoms with Crippen LogP contribution in [0.3, 0.4) is 0 Å². The van der Waals surface area contributed by atoms with Crippen molar-refractivity contribution in [2.45, 2.75) is 26.7 Å². The molecule has 0 N–H and O–H groups in total. The molecule has 1 fully saturated rings. The number of piperazine rings is 1. The average molecular weight is 429 g/mol. The van der Waals surface area contributed by atoms with Crippen molar-refractivity contribution in [3.63, 3.8) is 0 Å². The summed E-state index contributed by atoms with van der Waals surface area (Å²) in [5.41, 5.74) is 5.62. The molecule has 0 spiro atoms. The standard InChI is InChI=1S/C27H32N4O/c1-22-21-23(2)31(28-22)26-13-10-25(11-14-26)12-15-27(32)30-19-17-29(18-20-30)16-6-9-24-7-4-3-5-8-24/h3-11,13-14,21H,12,15-20H2,1-2H3/b9-6+. The van der Waals surface area contributed by atoms with Crippen LogP contribution in [0.1, 0.15) is 28.9 Å². The summed E-state index contributed by atoms with van der Waals surface area (Å²) in [6.45, 7) is 8.49. The molecule has 0 bridgehead atoms. The minimum absolute atomic E-state index is 0.257. The molecule has 4 rings (SSSR count). The van der Waals surface area contributed by atoms with Gasteiger partial charge in [-0.1, -0.05) is 54.6 Å². The lowest BCUT2D eigenvalue weighted by Crippen LogP contribution is -2.48. The number of rotatable bonds is 7. The molecule has 1 saturated heterocycles. The molecule has 1 amide bonds. The highest BCUT2D eigenvalue weighted by molar-refractivity contribution is 5.76. The molecule has 3 aromatic rings. The summed E-state index contributed by atoms with van der Waals surface area (Å²) >= 11 is 0. The molecule has 0 unspecified atom stereocenters. The number of amides is 1. The molecule has 0 atom stereocenters. The smallest absolute Gasteiger partial charge is 0.222 e. The van der Waals surface area contributed by atoms with Crippen LogP contribution < -0.4 is 0 Å². The van der Waals surface area contributed by atoms with Gasteiger partial charge < -0.3 is 4.90 Å². The van der Waals surface area contributed by atoms with E-state index in [9.17, 15) is 4.79 Å². The van der Waals surface area contributed by atoms with Crippen LogP contribution in [-0.4, -0.2) is 58.2 Å². The van der Waals surface area contributed by atoms with Crippen molar-refractivity contribution in [3.05, 3.63) is 89.3 Å². The van der Waals surface area contributed by atoms with E-state index in [0.29, 0.717) is 6.42 Å². The average Bonchev–Trinajstić information content (AvgIpc) is 3.17. The Morgan fingerprint density at radius 2 is 1.69 bits per heavy atom. The molecule has 0 radical (unpaired) electrons. The summed E-state index contributed by atoms with van der Waals surface area (Å²) in [6.07, 6.45) is 5.71. The molecule has 0 saturated carbocycles. The summed E-state index contributed by atoms with van der Waals surface area (Å²) in [5.74, 6) is 0.257. The van der Waals surface area contributed by atoms with E-state index in [1.54, 1.807) is 0 Å². The second-order valence-corrected chi connectivity index (χ2v) is 8.50. The quantitative estimate of drug-likeness (QED) is 0.564. The maximum atomic E-state index is 12.7. The van der Waals surface area contributed by atoms with Crippen LogP contribution in [0.25, 0.3) is 11.8 Å². The van der Waals surface area contributed by atoms with E-state index >= 15 is 0 Å². The molecular formula is C27H32N4O. The first-order chi connectivity index (χ1) is 15.6. The summed E-state index contributed by atoms with van der Waals surface area (Å²) in [7, 11) is 0. The third-order valence-electron chi connectivity index (χ3n) is 6.02. The molecule has 32 heavy (non-hydrogen) atoms. The van der Waals surface area contributed by atoms with Gasteiger partial charge in [0.25, 0.3) is 0 Å². The minimum Gasteiger partial charge on any atom is -0.340 e.